The average molecular weight is 734 g/mol. The summed E-state index contributed by atoms with van der Waals surface area (Å²) in [5.41, 5.74) is 4.35. The normalized spacial score (nSPS) is 12.7. The van der Waals surface area contributed by atoms with E-state index in [0.717, 1.165) is 29.8 Å². The third kappa shape index (κ3) is 13.2. The third-order valence-electron chi connectivity index (χ3n) is 8.84. The van der Waals surface area contributed by atoms with Gasteiger partial charge >= 0.3 is 0 Å². The average Bonchev–Trinajstić information content (AvgIpc) is 3.10. The van der Waals surface area contributed by atoms with E-state index in [-0.39, 0.29) is 22.6 Å². The van der Waals surface area contributed by atoms with Crippen LogP contribution in [0.2, 0.25) is 0 Å². The van der Waals surface area contributed by atoms with Gasteiger partial charge in [0.05, 0.1) is 13.7 Å². The lowest BCUT2D eigenvalue weighted by Crippen LogP contribution is -2.38. The van der Waals surface area contributed by atoms with Crippen LogP contribution in [0.1, 0.15) is 76.1 Å². The summed E-state index contributed by atoms with van der Waals surface area (Å²) < 4.78 is 39.9. The maximum Gasteiger partial charge on any atom is 0.241 e. The van der Waals surface area contributed by atoms with Crippen LogP contribution in [0.25, 0.3) is 0 Å². The molecule has 0 bridgehead atoms. The Bertz CT molecular complexity index is 1760. The molecular formula is C42H59N3O6S. The van der Waals surface area contributed by atoms with Gasteiger partial charge in [-0.1, -0.05) is 66.2 Å². The summed E-state index contributed by atoms with van der Waals surface area (Å²) in [6, 6.07) is 30.2. The van der Waals surface area contributed by atoms with Crippen molar-refractivity contribution < 1.29 is 27.7 Å². The van der Waals surface area contributed by atoms with Gasteiger partial charge in [0.15, 0.2) is 11.5 Å². The molecule has 0 heterocycles. The van der Waals surface area contributed by atoms with E-state index >= 15 is 0 Å². The van der Waals surface area contributed by atoms with Gasteiger partial charge in [-0.25, -0.2) is 13.6 Å². The minimum atomic E-state index is -3.84. The predicted molar refractivity (Wildman–Crippen MR) is 211 cm³/mol. The second-order valence-electron chi connectivity index (χ2n) is 13.6. The molecule has 0 aliphatic heterocycles. The predicted octanol–water partition coefficient (Wildman–Crippen LogP) is 7.68. The smallest absolute Gasteiger partial charge is 0.241 e. The van der Waals surface area contributed by atoms with Gasteiger partial charge in [-0.3, -0.25) is 4.90 Å². The number of aryl methyl sites for hydroxylation is 1. The Labute approximate surface area is 312 Å². The van der Waals surface area contributed by atoms with Crippen molar-refractivity contribution in [3.63, 3.8) is 0 Å². The second-order valence-corrected chi connectivity index (χ2v) is 15.1. The van der Waals surface area contributed by atoms with E-state index in [2.05, 4.69) is 75.2 Å². The summed E-state index contributed by atoms with van der Waals surface area (Å²) in [4.78, 5) is 2.51. The fourth-order valence-corrected chi connectivity index (χ4v) is 7.09. The largest absolute Gasteiger partial charge is 0.508 e. The molecule has 0 unspecified atom stereocenters. The first kappa shape index (κ1) is 42.3. The molecule has 0 fully saturated rings. The molecular weight excluding hydrogens is 675 g/mol. The fraction of sp³-hybridized carbons (Fsp3) is 0.429. The van der Waals surface area contributed by atoms with E-state index in [1.807, 2.05) is 62.4 Å². The molecule has 10 heteroatoms. The van der Waals surface area contributed by atoms with Gasteiger partial charge in [0.1, 0.15) is 23.0 Å². The van der Waals surface area contributed by atoms with Gasteiger partial charge in [-0.15, -0.1) is 0 Å². The van der Waals surface area contributed by atoms with Gasteiger partial charge < -0.3 is 24.6 Å². The number of para-hydroxylation sites is 2. The number of phenolic OH excluding ortho intramolecular Hbond substituents is 1. The van der Waals surface area contributed by atoms with Gasteiger partial charge in [0, 0.05) is 36.2 Å². The highest BCUT2D eigenvalue weighted by Gasteiger charge is 2.21. The number of nitrogens with zero attached hydrogens (tertiary/aromatic N) is 1. The monoisotopic (exact) mass is 733 g/mol. The molecule has 4 aromatic carbocycles. The Morgan fingerprint density at radius 2 is 1.46 bits per heavy atom. The van der Waals surface area contributed by atoms with Crippen LogP contribution in [0.3, 0.4) is 0 Å². The number of phenols is 1. The Hall–Kier alpha value is -4.09. The van der Waals surface area contributed by atoms with Crippen LogP contribution in [0.4, 0.5) is 0 Å². The molecule has 0 aliphatic carbocycles. The van der Waals surface area contributed by atoms with Crippen molar-refractivity contribution in [2.75, 3.05) is 33.4 Å². The lowest BCUT2D eigenvalue weighted by molar-refractivity contribution is 0.170. The van der Waals surface area contributed by atoms with E-state index in [0.29, 0.717) is 49.8 Å². The van der Waals surface area contributed by atoms with Crippen molar-refractivity contribution in [1.29, 1.82) is 0 Å². The SMILES string of the molecule is CCOc1ccccc1OCCN[C@H](C)Cc1ccc(OC)c(S(N)(=O)=O)c1.Cc1ccc(O)c([C@H](CCN(C(C)C)C(C)C)c2ccccc2)c1. The molecule has 52 heavy (non-hydrogen) atoms. The van der Waals surface area contributed by atoms with Crippen LogP contribution >= 0.6 is 0 Å². The Morgan fingerprint density at radius 1 is 0.827 bits per heavy atom. The van der Waals surface area contributed by atoms with E-state index in [1.165, 1.54) is 18.2 Å². The van der Waals surface area contributed by atoms with E-state index < -0.39 is 10.0 Å². The van der Waals surface area contributed by atoms with Crippen LogP contribution in [-0.4, -0.2) is 70.0 Å². The number of nitrogens with two attached hydrogens (primary N) is 1. The standard InChI is InChI=1S/C22H31NO.C20H28N2O5S/c1-16(2)23(17(3)4)14-13-20(19-9-7-6-8-10-19)21-15-18(5)11-12-22(21)24;1-4-26-17-7-5-6-8-18(17)27-12-11-22-15(2)13-16-9-10-19(25-3)20(14-16)28(21,23)24/h6-12,15-17,20,24H,13-14H2,1-5H3;5-10,14-15,22H,4,11-13H2,1-3H3,(H2,21,23,24)/t20-;15-/m11/s1. The molecule has 9 nitrogen and oxygen atoms in total. The fourth-order valence-electron chi connectivity index (χ4n) is 6.34. The van der Waals surface area contributed by atoms with Crippen LogP contribution in [0, 0.1) is 6.92 Å². The van der Waals surface area contributed by atoms with Crippen molar-refractivity contribution in [3.8, 4) is 23.0 Å². The Kier molecular flexibility index (Phi) is 16.9. The number of primary sulfonamides is 1. The molecule has 0 amide bonds. The molecule has 2 atom stereocenters. The summed E-state index contributed by atoms with van der Waals surface area (Å²) in [6.07, 6.45) is 1.64. The molecule has 284 valence electrons. The molecule has 0 aromatic heterocycles. The summed E-state index contributed by atoms with van der Waals surface area (Å²) >= 11 is 0. The number of ether oxygens (including phenoxy) is 3. The minimum Gasteiger partial charge on any atom is -0.508 e. The first-order valence-electron chi connectivity index (χ1n) is 18.1. The van der Waals surface area contributed by atoms with Crippen molar-refractivity contribution >= 4 is 10.0 Å². The zero-order valence-electron chi connectivity index (χ0n) is 32.1. The number of aromatic hydroxyl groups is 1. The highest BCUT2D eigenvalue weighted by molar-refractivity contribution is 7.89. The third-order valence-corrected chi connectivity index (χ3v) is 9.77. The molecule has 4 N–H and O–H groups in total. The topological polar surface area (TPSA) is 123 Å². The van der Waals surface area contributed by atoms with E-state index in [4.69, 9.17) is 19.3 Å². The number of sulfonamides is 1. The highest BCUT2D eigenvalue weighted by Crippen LogP contribution is 2.35. The number of benzene rings is 4. The molecule has 0 aliphatic rings. The van der Waals surface area contributed by atoms with E-state index in [1.54, 1.807) is 12.1 Å². The van der Waals surface area contributed by atoms with Crippen LogP contribution in [-0.2, 0) is 16.4 Å². The molecule has 0 saturated heterocycles. The minimum absolute atomic E-state index is 0.00411. The van der Waals surface area contributed by atoms with Crippen LogP contribution in [0.5, 0.6) is 23.0 Å². The van der Waals surface area contributed by atoms with Crippen LogP contribution in [0.15, 0.2) is 95.9 Å². The number of methoxy groups -OCH3 is 1. The van der Waals surface area contributed by atoms with Gasteiger partial charge in [-0.2, -0.15) is 0 Å². The molecule has 0 radical (unpaired) electrons. The number of hydrogen-bond acceptors (Lipinski definition) is 8. The number of hydrogen-bond donors (Lipinski definition) is 3. The van der Waals surface area contributed by atoms with Gasteiger partial charge in [0.25, 0.3) is 0 Å². The first-order valence-corrected chi connectivity index (χ1v) is 19.7. The van der Waals surface area contributed by atoms with Crippen molar-refractivity contribution in [1.82, 2.24) is 10.2 Å². The quantitative estimate of drug-likeness (QED) is 0.0891. The number of nitrogens with one attached hydrogen (secondary N) is 1. The maximum atomic E-state index is 11.7. The zero-order chi connectivity index (χ0) is 38.3. The summed E-state index contributed by atoms with van der Waals surface area (Å²) in [5, 5.41) is 19.1. The summed E-state index contributed by atoms with van der Waals surface area (Å²) in [5.74, 6) is 2.30. The molecule has 0 spiro atoms. The van der Waals surface area contributed by atoms with Crippen molar-refractivity contribution in [2.24, 2.45) is 5.14 Å². The zero-order valence-corrected chi connectivity index (χ0v) is 33.0. The van der Waals surface area contributed by atoms with E-state index in [9.17, 15) is 13.5 Å². The van der Waals surface area contributed by atoms with Crippen LogP contribution < -0.4 is 24.7 Å². The first-order chi connectivity index (χ1) is 24.7. The summed E-state index contributed by atoms with van der Waals surface area (Å²) in [6.45, 7) is 17.8. The van der Waals surface area contributed by atoms with Gasteiger partial charge in [0.2, 0.25) is 10.0 Å². The lowest BCUT2D eigenvalue weighted by Gasteiger charge is -2.32. The number of rotatable bonds is 18. The lowest BCUT2D eigenvalue weighted by atomic mass is 9.87. The van der Waals surface area contributed by atoms with Crippen molar-refractivity contribution in [2.45, 2.75) is 90.2 Å². The molecule has 0 saturated carbocycles. The maximum absolute atomic E-state index is 11.7. The molecule has 4 aromatic rings. The second kappa shape index (κ2) is 20.8. The molecule has 4 rings (SSSR count). The van der Waals surface area contributed by atoms with Crippen molar-refractivity contribution in [3.05, 3.63) is 113 Å². The van der Waals surface area contributed by atoms with Gasteiger partial charge in [-0.05, 0) is 109 Å². The highest BCUT2D eigenvalue weighted by atomic mass is 32.2. The Balaban J connectivity index is 0.000000284. The summed E-state index contributed by atoms with van der Waals surface area (Å²) in [7, 11) is -2.43. The Morgan fingerprint density at radius 3 is 2.06 bits per heavy atom.